The van der Waals surface area contributed by atoms with Gasteiger partial charge in [-0.15, -0.1) is 0 Å². The van der Waals surface area contributed by atoms with Gasteiger partial charge in [-0.2, -0.15) is 5.26 Å². The van der Waals surface area contributed by atoms with E-state index >= 15 is 0 Å². The zero-order valence-electron chi connectivity index (χ0n) is 10.3. The second-order valence-electron chi connectivity index (χ2n) is 4.00. The van der Waals surface area contributed by atoms with E-state index in [1.54, 1.807) is 12.4 Å². The van der Waals surface area contributed by atoms with Crippen LogP contribution < -0.4 is 5.32 Å². The molecule has 2 aromatic heterocycles. The van der Waals surface area contributed by atoms with Crippen molar-refractivity contribution >= 4 is 0 Å². The molecular weight excluding hydrogens is 226 g/mol. The van der Waals surface area contributed by atoms with Crippen molar-refractivity contribution in [3.8, 4) is 6.07 Å². The Morgan fingerprint density at radius 2 is 2.28 bits per heavy atom. The first-order valence-corrected chi connectivity index (χ1v) is 5.82. The number of hydrogen-bond acceptors (Lipinski definition) is 4. The summed E-state index contributed by atoms with van der Waals surface area (Å²) in [5.74, 6) is 1.05. The Morgan fingerprint density at radius 1 is 1.39 bits per heavy atom. The lowest BCUT2D eigenvalue weighted by atomic mass is 10.2. The van der Waals surface area contributed by atoms with Crippen molar-refractivity contribution in [1.82, 2.24) is 19.9 Å². The average Bonchev–Trinajstić information content (AvgIpc) is 2.81. The van der Waals surface area contributed by atoms with Gasteiger partial charge in [0.25, 0.3) is 0 Å². The van der Waals surface area contributed by atoms with Crippen LogP contribution >= 0.6 is 0 Å². The van der Waals surface area contributed by atoms with Gasteiger partial charge in [-0.05, 0) is 6.07 Å². The van der Waals surface area contributed by atoms with Gasteiger partial charge < -0.3 is 9.88 Å². The molecule has 0 radical (unpaired) electrons. The van der Waals surface area contributed by atoms with E-state index in [2.05, 4.69) is 21.4 Å². The molecule has 0 aromatic carbocycles. The molecule has 1 N–H and O–H groups in total. The minimum absolute atomic E-state index is 0.488. The van der Waals surface area contributed by atoms with Gasteiger partial charge >= 0.3 is 0 Å². The summed E-state index contributed by atoms with van der Waals surface area (Å²) in [4.78, 5) is 8.27. The van der Waals surface area contributed by atoms with Crippen LogP contribution in [0.15, 0.2) is 30.7 Å². The van der Waals surface area contributed by atoms with Crippen LogP contribution in [0.25, 0.3) is 0 Å². The predicted octanol–water partition coefficient (Wildman–Crippen LogP) is 1.02. The van der Waals surface area contributed by atoms with Gasteiger partial charge in [0.15, 0.2) is 0 Å². The molecule has 5 heteroatoms. The van der Waals surface area contributed by atoms with Crippen LogP contribution in [0.1, 0.15) is 17.1 Å². The van der Waals surface area contributed by atoms with Gasteiger partial charge in [0, 0.05) is 50.7 Å². The van der Waals surface area contributed by atoms with E-state index in [0.717, 1.165) is 24.4 Å². The number of aromatic nitrogens is 3. The first-order valence-electron chi connectivity index (χ1n) is 5.82. The number of nitrogens with one attached hydrogen (secondary N) is 1. The van der Waals surface area contributed by atoms with Gasteiger partial charge in [-0.25, -0.2) is 9.97 Å². The fourth-order valence-corrected chi connectivity index (χ4v) is 1.74. The Morgan fingerprint density at radius 3 is 3.00 bits per heavy atom. The molecule has 2 aromatic rings. The maximum absolute atomic E-state index is 8.91. The van der Waals surface area contributed by atoms with Crippen molar-refractivity contribution in [3.05, 3.63) is 47.8 Å². The maximum atomic E-state index is 8.91. The first kappa shape index (κ1) is 12.3. The highest BCUT2D eigenvalue weighted by Gasteiger charge is 2.02. The molecular formula is C13H15N5. The summed E-state index contributed by atoms with van der Waals surface area (Å²) in [5, 5.41) is 12.2. The lowest BCUT2D eigenvalue weighted by Crippen LogP contribution is -2.19. The number of nitrogens with zero attached hydrogens (tertiary/aromatic N) is 4. The summed E-state index contributed by atoms with van der Waals surface area (Å²) >= 11 is 0. The van der Waals surface area contributed by atoms with Crippen molar-refractivity contribution in [3.63, 3.8) is 0 Å². The molecule has 0 saturated carbocycles. The van der Waals surface area contributed by atoms with E-state index in [1.807, 2.05) is 29.9 Å². The van der Waals surface area contributed by atoms with Crippen LogP contribution in [0.3, 0.4) is 0 Å². The first-order chi connectivity index (χ1) is 8.81. The van der Waals surface area contributed by atoms with E-state index in [1.165, 1.54) is 0 Å². The third-order valence-electron chi connectivity index (χ3n) is 2.76. The van der Waals surface area contributed by atoms with Crippen LogP contribution in [-0.4, -0.2) is 21.1 Å². The zero-order chi connectivity index (χ0) is 12.8. The third-order valence-corrected chi connectivity index (χ3v) is 2.76. The fourth-order valence-electron chi connectivity index (χ4n) is 1.74. The number of rotatable bonds is 5. The van der Waals surface area contributed by atoms with E-state index in [9.17, 15) is 0 Å². The van der Waals surface area contributed by atoms with Crippen LogP contribution in [0.5, 0.6) is 0 Å². The predicted molar refractivity (Wildman–Crippen MR) is 67.6 cm³/mol. The van der Waals surface area contributed by atoms with Gasteiger partial charge in [-0.1, -0.05) is 6.07 Å². The highest BCUT2D eigenvalue weighted by Crippen LogP contribution is 2.03. The van der Waals surface area contributed by atoms with Gasteiger partial charge in [0.05, 0.1) is 0 Å². The molecule has 0 fully saturated rings. The third kappa shape index (κ3) is 2.93. The summed E-state index contributed by atoms with van der Waals surface area (Å²) in [5.41, 5.74) is 1.42. The van der Waals surface area contributed by atoms with Crippen molar-refractivity contribution < 1.29 is 0 Å². The molecule has 0 atom stereocenters. The van der Waals surface area contributed by atoms with Crippen LogP contribution in [0.4, 0.5) is 0 Å². The Balaban J connectivity index is 1.82. The monoisotopic (exact) mass is 241 g/mol. The van der Waals surface area contributed by atoms with Crippen molar-refractivity contribution in [2.75, 3.05) is 6.54 Å². The molecule has 0 amide bonds. The number of pyridine rings is 1. The summed E-state index contributed by atoms with van der Waals surface area (Å²) in [6, 6.07) is 5.85. The normalized spacial score (nSPS) is 10.2. The SMILES string of the molecule is Cn1ccnc1CCNCc1cccnc1C#N. The minimum atomic E-state index is 0.488. The molecule has 92 valence electrons. The van der Waals surface area contributed by atoms with Gasteiger partial charge in [-0.3, -0.25) is 0 Å². The summed E-state index contributed by atoms with van der Waals surface area (Å²) in [6.45, 7) is 1.48. The van der Waals surface area contributed by atoms with E-state index in [0.29, 0.717) is 12.2 Å². The minimum Gasteiger partial charge on any atom is -0.338 e. The van der Waals surface area contributed by atoms with Gasteiger partial charge in [0.2, 0.25) is 0 Å². The van der Waals surface area contributed by atoms with Crippen LogP contribution in [0, 0.1) is 11.3 Å². The Labute approximate surface area is 106 Å². The quantitative estimate of drug-likeness (QED) is 0.794. The summed E-state index contributed by atoms with van der Waals surface area (Å²) in [7, 11) is 1.98. The second kappa shape index (κ2) is 5.94. The molecule has 0 aliphatic heterocycles. The molecule has 0 spiro atoms. The number of hydrogen-bond donors (Lipinski definition) is 1. The fraction of sp³-hybridized carbons (Fsp3) is 0.308. The van der Waals surface area contributed by atoms with Crippen LogP contribution in [0.2, 0.25) is 0 Å². The molecule has 0 saturated heterocycles. The Bertz CT molecular complexity index is 553. The Hall–Kier alpha value is -2.19. The number of aryl methyl sites for hydroxylation is 1. The number of imidazole rings is 1. The lowest BCUT2D eigenvalue weighted by Gasteiger charge is -2.06. The van der Waals surface area contributed by atoms with E-state index < -0.39 is 0 Å². The number of nitriles is 1. The van der Waals surface area contributed by atoms with E-state index in [-0.39, 0.29) is 0 Å². The maximum Gasteiger partial charge on any atom is 0.144 e. The zero-order valence-corrected chi connectivity index (χ0v) is 10.3. The molecule has 18 heavy (non-hydrogen) atoms. The lowest BCUT2D eigenvalue weighted by molar-refractivity contribution is 0.653. The molecule has 0 bridgehead atoms. The molecule has 0 unspecified atom stereocenters. The smallest absolute Gasteiger partial charge is 0.144 e. The summed E-state index contributed by atoms with van der Waals surface area (Å²) in [6.07, 6.45) is 6.23. The molecule has 0 aliphatic rings. The van der Waals surface area contributed by atoms with Crippen molar-refractivity contribution in [1.29, 1.82) is 5.26 Å². The summed E-state index contributed by atoms with van der Waals surface area (Å²) < 4.78 is 2.01. The molecule has 2 rings (SSSR count). The highest BCUT2D eigenvalue weighted by atomic mass is 15.0. The van der Waals surface area contributed by atoms with E-state index in [4.69, 9.17) is 5.26 Å². The second-order valence-corrected chi connectivity index (χ2v) is 4.00. The van der Waals surface area contributed by atoms with Gasteiger partial charge in [0.1, 0.15) is 17.6 Å². The topological polar surface area (TPSA) is 66.5 Å². The van der Waals surface area contributed by atoms with Crippen LogP contribution in [-0.2, 0) is 20.0 Å². The van der Waals surface area contributed by atoms with Crippen molar-refractivity contribution in [2.24, 2.45) is 7.05 Å². The largest absolute Gasteiger partial charge is 0.338 e. The molecule has 0 aliphatic carbocycles. The Kier molecular flexibility index (Phi) is 4.05. The molecule has 5 nitrogen and oxygen atoms in total. The molecule has 2 heterocycles. The van der Waals surface area contributed by atoms with Crippen molar-refractivity contribution in [2.45, 2.75) is 13.0 Å². The standard InChI is InChI=1S/C13H15N5/c1-18-8-7-17-13(18)4-6-15-10-11-3-2-5-16-12(11)9-14/h2-3,5,7-8,15H,4,6,10H2,1H3. The highest BCUT2D eigenvalue weighted by molar-refractivity contribution is 5.30. The average molecular weight is 241 g/mol.